The van der Waals surface area contributed by atoms with Gasteiger partial charge in [-0.2, -0.15) is 0 Å². The highest BCUT2D eigenvalue weighted by Gasteiger charge is 2.25. The highest BCUT2D eigenvalue weighted by Crippen LogP contribution is 2.35. The molecule has 0 bridgehead atoms. The number of halogens is 1. The fourth-order valence-corrected chi connectivity index (χ4v) is 3.81. The summed E-state index contributed by atoms with van der Waals surface area (Å²) in [6.07, 6.45) is 1.74. The lowest BCUT2D eigenvalue weighted by atomic mass is 10.1. The fraction of sp³-hybridized carbons (Fsp3) is 0.176. The summed E-state index contributed by atoms with van der Waals surface area (Å²) in [7, 11) is 1.34. The molecule has 0 atom stereocenters. The second-order valence-corrected chi connectivity index (χ2v) is 7.41. The van der Waals surface area contributed by atoms with Crippen LogP contribution in [0.2, 0.25) is 0 Å². The van der Waals surface area contributed by atoms with Crippen LogP contribution in [0.4, 0.5) is 0 Å². The Labute approximate surface area is 157 Å². The average Bonchev–Trinajstić information content (AvgIpc) is 3.00. The molecule has 0 spiro atoms. The maximum Gasteiger partial charge on any atom is 0.348 e. The Balaban J connectivity index is 1.95. The van der Waals surface area contributed by atoms with E-state index in [0.29, 0.717) is 22.9 Å². The van der Waals surface area contributed by atoms with Gasteiger partial charge in [-0.1, -0.05) is 15.9 Å². The van der Waals surface area contributed by atoms with E-state index in [2.05, 4.69) is 15.9 Å². The van der Waals surface area contributed by atoms with Gasteiger partial charge in [-0.3, -0.25) is 4.79 Å². The van der Waals surface area contributed by atoms with Crippen molar-refractivity contribution in [2.24, 2.45) is 5.73 Å². The van der Waals surface area contributed by atoms with Crippen molar-refractivity contribution in [2.75, 3.05) is 13.7 Å². The van der Waals surface area contributed by atoms with E-state index in [9.17, 15) is 9.59 Å². The molecule has 1 amide bonds. The number of hydrogen-bond acceptors (Lipinski definition) is 6. The number of nitrogens with zero attached hydrogens (tertiary/aromatic N) is 1. The smallest absolute Gasteiger partial charge is 0.348 e. The lowest BCUT2D eigenvalue weighted by molar-refractivity contribution is -0.118. The number of rotatable bonds is 5. The third-order valence-electron chi connectivity index (χ3n) is 3.51. The molecule has 3 rings (SSSR count). The number of hydrogen-bond donors (Lipinski definition) is 1. The van der Waals surface area contributed by atoms with E-state index < -0.39 is 11.9 Å². The number of primary amides is 1. The van der Waals surface area contributed by atoms with Crippen molar-refractivity contribution in [3.63, 3.8) is 0 Å². The lowest BCUT2D eigenvalue weighted by Gasteiger charge is -2.25. The molecule has 1 aromatic heterocycles. The Hall–Kier alpha value is -2.32. The first kappa shape index (κ1) is 17.5. The molecule has 1 aliphatic rings. The van der Waals surface area contributed by atoms with Crippen LogP contribution in [0.1, 0.15) is 20.1 Å². The minimum atomic E-state index is -0.438. The average molecular weight is 423 g/mol. The molecule has 0 unspecified atom stereocenters. The molecular formula is C17H15BrN2O4S. The zero-order chi connectivity index (χ0) is 18.0. The van der Waals surface area contributed by atoms with Gasteiger partial charge in [0, 0.05) is 21.1 Å². The molecule has 0 aliphatic carbocycles. The highest BCUT2D eigenvalue weighted by molar-refractivity contribution is 9.10. The van der Waals surface area contributed by atoms with Crippen molar-refractivity contribution in [3.05, 3.63) is 56.3 Å². The van der Waals surface area contributed by atoms with E-state index in [-0.39, 0.29) is 6.54 Å². The first-order valence-corrected chi connectivity index (χ1v) is 8.96. The third kappa shape index (κ3) is 4.02. The first-order valence-electron chi connectivity index (χ1n) is 7.35. The van der Waals surface area contributed by atoms with Gasteiger partial charge >= 0.3 is 5.97 Å². The van der Waals surface area contributed by atoms with Crippen molar-refractivity contribution in [3.8, 4) is 5.75 Å². The number of benzene rings is 1. The molecule has 0 radical (unpaired) electrons. The topological polar surface area (TPSA) is 81.9 Å². The molecule has 8 heteroatoms. The van der Waals surface area contributed by atoms with E-state index in [1.54, 1.807) is 17.2 Å². The zero-order valence-electron chi connectivity index (χ0n) is 13.3. The van der Waals surface area contributed by atoms with Crippen LogP contribution in [0.25, 0.3) is 5.76 Å². The zero-order valence-corrected chi connectivity index (χ0v) is 15.7. The summed E-state index contributed by atoms with van der Waals surface area (Å²) in [6, 6.07) is 9.14. The van der Waals surface area contributed by atoms with Crippen molar-refractivity contribution >= 4 is 44.9 Å². The molecule has 0 fully saturated rings. The largest absolute Gasteiger partial charge is 0.465 e. The van der Waals surface area contributed by atoms with Crippen LogP contribution < -0.4 is 10.5 Å². The Morgan fingerprint density at radius 3 is 2.68 bits per heavy atom. The molecular weight excluding hydrogens is 408 g/mol. The van der Waals surface area contributed by atoms with Gasteiger partial charge < -0.3 is 20.1 Å². The predicted molar refractivity (Wildman–Crippen MR) is 98.0 cm³/mol. The maximum atomic E-state index is 11.8. The standard InChI is InChI=1S/C17H15BrN2O4S/c1-23-17(22)14-6-12-13(24-11-4-2-10(18)3-5-11)7-20(9-16(19)21)8-15(12)25-14/h2-7H,8-9H2,1H3,(H2,19,21). The van der Waals surface area contributed by atoms with Gasteiger partial charge in [0.1, 0.15) is 10.6 Å². The molecule has 2 N–H and O–H groups in total. The molecule has 2 aromatic rings. The molecule has 2 heterocycles. The van der Waals surface area contributed by atoms with Crippen LogP contribution in [0.15, 0.2) is 41.0 Å². The number of carbonyl (C=O) groups is 2. The second kappa shape index (κ2) is 7.28. The van der Waals surface area contributed by atoms with Crippen LogP contribution in [0, 0.1) is 0 Å². The SMILES string of the molecule is COC(=O)c1cc2c(s1)CN(CC(N)=O)C=C2Oc1ccc(Br)cc1. The number of fused-ring (bicyclic) bond motifs is 1. The summed E-state index contributed by atoms with van der Waals surface area (Å²) in [6.45, 7) is 0.547. The minimum Gasteiger partial charge on any atom is -0.465 e. The van der Waals surface area contributed by atoms with E-state index in [0.717, 1.165) is 14.9 Å². The van der Waals surface area contributed by atoms with Gasteiger partial charge in [-0.05, 0) is 30.3 Å². The van der Waals surface area contributed by atoms with E-state index in [1.165, 1.54) is 18.4 Å². The van der Waals surface area contributed by atoms with Gasteiger partial charge in [0.15, 0.2) is 5.76 Å². The number of methoxy groups -OCH3 is 1. The molecule has 1 aromatic carbocycles. The molecule has 1 aliphatic heterocycles. The van der Waals surface area contributed by atoms with Crippen LogP contribution >= 0.6 is 27.3 Å². The lowest BCUT2D eigenvalue weighted by Crippen LogP contribution is -2.31. The number of thiophene rings is 1. The molecule has 0 saturated heterocycles. The third-order valence-corrected chi connectivity index (χ3v) is 5.14. The summed E-state index contributed by atoms with van der Waals surface area (Å²) in [5.41, 5.74) is 6.12. The number of nitrogens with two attached hydrogens (primary N) is 1. The van der Waals surface area contributed by atoms with Gasteiger partial charge in [0.2, 0.25) is 5.91 Å². The summed E-state index contributed by atoms with van der Waals surface area (Å²) < 4.78 is 11.7. The molecule has 0 saturated carbocycles. The van der Waals surface area contributed by atoms with Gasteiger partial charge in [-0.25, -0.2) is 4.79 Å². The number of carbonyl (C=O) groups excluding carboxylic acids is 2. The maximum absolute atomic E-state index is 11.8. The highest BCUT2D eigenvalue weighted by atomic mass is 79.9. The minimum absolute atomic E-state index is 0.0676. The van der Waals surface area contributed by atoms with Gasteiger partial charge in [-0.15, -0.1) is 11.3 Å². The van der Waals surface area contributed by atoms with Crippen molar-refractivity contribution in [1.82, 2.24) is 4.90 Å². The molecule has 6 nitrogen and oxygen atoms in total. The monoisotopic (exact) mass is 422 g/mol. The molecule has 25 heavy (non-hydrogen) atoms. The van der Waals surface area contributed by atoms with E-state index >= 15 is 0 Å². The van der Waals surface area contributed by atoms with E-state index in [4.69, 9.17) is 15.2 Å². The quantitative estimate of drug-likeness (QED) is 0.748. The van der Waals surface area contributed by atoms with Crippen molar-refractivity contribution in [2.45, 2.75) is 6.54 Å². The Morgan fingerprint density at radius 1 is 1.32 bits per heavy atom. The predicted octanol–water partition coefficient (Wildman–Crippen LogP) is 2.98. The van der Waals surface area contributed by atoms with Gasteiger partial charge in [0.05, 0.1) is 20.2 Å². The Morgan fingerprint density at radius 2 is 2.04 bits per heavy atom. The molecule has 130 valence electrons. The number of ether oxygens (including phenoxy) is 2. The number of amides is 1. The summed E-state index contributed by atoms with van der Waals surface area (Å²) in [4.78, 5) is 26.3. The summed E-state index contributed by atoms with van der Waals surface area (Å²) >= 11 is 4.70. The Kier molecular flexibility index (Phi) is 5.10. The van der Waals surface area contributed by atoms with Gasteiger partial charge in [0.25, 0.3) is 0 Å². The van der Waals surface area contributed by atoms with Crippen LogP contribution in [-0.4, -0.2) is 30.4 Å². The van der Waals surface area contributed by atoms with E-state index in [1.807, 2.05) is 24.3 Å². The Bertz CT molecular complexity index is 845. The summed E-state index contributed by atoms with van der Waals surface area (Å²) in [5, 5.41) is 0. The summed E-state index contributed by atoms with van der Waals surface area (Å²) in [5.74, 6) is 0.361. The number of esters is 1. The van der Waals surface area contributed by atoms with Crippen LogP contribution in [0.3, 0.4) is 0 Å². The first-order chi connectivity index (χ1) is 12.0. The normalized spacial score (nSPS) is 13.0. The van der Waals surface area contributed by atoms with Crippen molar-refractivity contribution in [1.29, 1.82) is 0 Å². The van der Waals surface area contributed by atoms with Crippen molar-refractivity contribution < 1.29 is 19.1 Å². The van der Waals surface area contributed by atoms with Crippen LogP contribution in [0.5, 0.6) is 5.75 Å². The second-order valence-electron chi connectivity index (χ2n) is 5.36. The van der Waals surface area contributed by atoms with Crippen LogP contribution in [-0.2, 0) is 16.1 Å². The fourth-order valence-electron chi connectivity index (χ4n) is 2.43.